The molecular formula is C11H13ClFN. The molecule has 0 aliphatic rings. The van der Waals surface area contributed by atoms with Crippen LogP contribution in [0.5, 0.6) is 0 Å². The Labute approximate surface area is 88.6 Å². The molecule has 0 spiro atoms. The molecule has 0 bridgehead atoms. The Morgan fingerprint density at radius 2 is 2.29 bits per heavy atom. The van der Waals surface area contributed by atoms with E-state index >= 15 is 0 Å². The summed E-state index contributed by atoms with van der Waals surface area (Å²) in [5, 5.41) is 3.39. The average molecular weight is 214 g/mol. The maximum Gasteiger partial charge on any atom is 0.147 e. The van der Waals surface area contributed by atoms with E-state index in [9.17, 15) is 4.39 Å². The second kappa shape index (κ2) is 5.01. The first kappa shape index (κ1) is 11.1. The topological polar surface area (TPSA) is 12.0 Å². The molecular weight excluding hydrogens is 201 g/mol. The first-order valence-electron chi connectivity index (χ1n) is 4.43. The predicted molar refractivity (Wildman–Crippen MR) is 59.3 cm³/mol. The van der Waals surface area contributed by atoms with Crippen molar-refractivity contribution in [2.24, 2.45) is 0 Å². The summed E-state index contributed by atoms with van der Waals surface area (Å²) in [4.78, 5) is 0. The maximum atomic E-state index is 13.2. The third kappa shape index (κ3) is 3.38. The molecule has 1 aromatic rings. The largest absolute Gasteiger partial charge is 0.382 e. The quantitative estimate of drug-likeness (QED) is 0.749. The molecule has 0 aliphatic carbocycles. The zero-order valence-electron chi connectivity index (χ0n) is 8.11. The molecule has 0 unspecified atom stereocenters. The van der Waals surface area contributed by atoms with Crippen LogP contribution in [0, 0.1) is 5.82 Å². The van der Waals surface area contributed by atoms with Crippen LogP contribution in [0.2, 0.25) is 5.02 Å². The number of hydrogen-bond donors (Lipinski definition) is 1. The van der Waals surface area contributed by atoms with E-state index in [0.717, 1.165) is 12.0 Å². The van der Waals surface area contributed by atoms with Gasteiger partial charge in [-0.25, -0.2) is 4.39 Å². The smallest absolute Gasteiger partial charge is 0.147 e. The molecule has 3 heteroatoms. The van der Waals surface area contributed by atoms with E-state index in [4.69, 9.17) is 11.6 Å². The third-order valence-corrected chi connectivity index (χ3v) is 2.03. The van der Waals surface area contributed by atoms with Crippen molar-refractivity contribution in [1.82, 2.24) is 0 Å². The number of nitrogens with one attached hydrogen (secondary N) is 1. The van der Waals surface area contributed by atoms with Crippen molar-refractivity contribution >= 4 is 17.3 Å². The van der Waals surface area contributed by atoms with Crippen LogP contribution >= 0.6 is 11.6 Å². The van der Waals surface area contributed by atoms with Crippen molar-refractivity contribution in [3.63, 3.8) is 0 Å². The number of rotatable bonds is 4. The van der Waals surface area contributed by atoms with Crippen LogP contribution in [0.25, 0.3) is 0 Å². The summed E-state index contributed by atoms with van der Waals surface area (Å²) in [5.74, 6) is -0.320. The van der Waals surface area contributed by atoms with Crippen molar-refractivity contribution in [1.29, 1.82) is 0 Å². The van der Waals surface area contributed by atoms with Crippen molar-refractivity contribution < 1.29 is 4.39 Å². The van der Waals surface area contributed by atoms with Crippen molar-refractivity contribution in [2.45, 2.75) is 13.3 Å². The van der Waals surface area contributed by atoms with Crippen LogP contribution in [0.15, 0.2) is 30.4 Å². The lowest BCUT2D eigenvalue weighted by Gasteiger charge is -2.07. The highest BCUT2D eigenvalue weighted by Gasteiger charge is 2.01. The zero-order chi connectivity index (χ0) is 10.6. The minimum Gasteiger partial charge on any atom is -0.382 e. The van der Waals surface area contributed by atoms with E-state index < -0.39 is 0 Å². The predicted octanol–water partition coefficient (Wildman–Crippen LogP) is 3.86. The molecule has 14 heavy (non-hydrogen) atoms. The molecule has 1 rings (SSSR count). The Hall–Kier alpha value is -1.02. The summed E-state index contributed by atoms with van der Waals surface area (Å²) in [7, 11) is 0. The van der Waals surface area contributed by atoms with E-state index in [1.807, 2.05) is 6.92 Å². The molecule has 76 valence electrons. The van der Waals surface area contributed by atoms with Crippen molar-refractivity contribution in [3.05, 3.63) is 41.2 Å². The minimum atomic E-state index is -0.320. The normalized spacial score (nSPS) is 9.93. The Kier molecular flexibility index (Phi) is 3.96. The lowest BCUT2D eigenvalue weighted by molar-refractivity contribution is 0.630. The Balaban J connectivity index is 2.55. The van der Waals surface area contributed by atoms with Gasteiger partial charge in [-0.2, -0.15) is 0 Å². The molecule has 0 fully saturated rings. The number of anilines is 1. The van der Waals surface area contributed by atoms with Gasteiger partial charge in [0.15, 0.2) is 0 Å². The van der Waals surface area contributed by atoms with Crippen LogP contribution in [-0.2, 0) is 0 Å². The zero-order valence-corrected chi connectivity index (χ0v) is 8.87. The molecule has 1 nitrogen and oxygen atoms in total. The van der Waals surface area contributed by atoms with E-state index in [1.54, 1.807) is 12.1 Å². The average Bonchev–Trinajstić information content (AvgIpc) is 2.08. The second-order valence-electron chi connectivity index (χ2n) is 3.26. The standard InChI is InChI=1S/C11H13ClFN/c1-8(2)5-6-14-11-4-3-9(12)7-10(11)13/h3-4,7,14H,1,5-6H2,2H3. The molecule has 1 aromatic carbocycles. The van der Waals surface area contributed by atoms with Gasteiger partial charge in [-0.3, -0.25) is 0 Å². The van der Waals surface area contributed by atoms with Crippen molar-refractivity contribution in [2.75, 3.05) is 11.9 Å². The van der Waals surface area contributed by atoms with Gasteiger partial charge in [0.2, 0.25) is 0 Å². The highest BCUT2D eigenvalue weighted by molar-refractivity contribution is 6.30. The summed E-state index contributed by atoms with van der Waals surface area (Å²) in [6, 6.07) is 4.59. The van der Waals surface area contributed by atoms with Gasteiger partial charge in [-0.15, -0.1) is 6.58 Å². The maximum absolute atomic E-state index is 13.2. The summed E-state index contributed by atoms with van der Waals surface area (Å²) in [6.45, 7) is 6.40. The van der Waals surface area contributed by atoms with Gasteiger partial charge in [0.25, 0.3) is 0 Å². The highest BCUT2D eigenvalue weighted by atomic mass is 35.5. The lowest BCUT2D eigenvalue weighted by atomic mass is 10.2. The molecule has 0 aromatic heterocycles. The minimum absolute atomic E-state index is 0.320. The monoisotopic (exact) mass is 213 g/mol. The first-order valence-corrected chi connectivity index (χ1v) is 4.80. The van der Waals surface area contributed by atoms with Gasteiger partial charge in [-0.1, -0.05) is 17.2 Å². The molecule has 1 N–H and O–H groups in total. The summed E-state index contributed by atoms with van der Waals surface area (Å²) in [5.41, 5.74) is 1.56. The van der Waals surface area contributed by atoms with Gasteiger partial charge in [-0.05, 0) is 31.5 Å². The lowest BCUT2D eigenvalue weighted by Crippen LogP contribution is -2.03. The fourth-order valence-corrected chi connectivity index (χ4v) is 1.20. The number of halogens is 2. The fourth-order valence-electron chi connectivity index (χ4n) is 1.04. The second-order valence-corrected chi connectivity index (χ2v) is 3.69. The van der Waals surface area contributed by atoms with Gasteiger partial charge in [0.1, 0.15) is 5.82 Å². The molecule has 0 atom stereocenters. The fraction of sp³-hybridized carbons (Fsp3) is 0.273. The van der Waals surface area contributed by atoms with Gasteiger partial charge >= 0.3 is 0 Å². The van der Waals surface area contributed by atoms with Gasteiger partial charge < -0.3 is 5.32 Å². The Morgan fingerprint density at radius 3 is 2.86 bits per heavy atom. The van der Waals surface area contributed by atoms with Crippen LogP contribution < -0.4 is 5.32 Å². The third-order valence-electron chi connectivity index (χ3n) is 1.80. The molecule has 0 saturated carbocycles. The Morgan fingerprint density at radius 1 is 1.57 bits per heavy atom. The molecule has 0 radical (unpaired) electrons. The van der Waals surface area contributed by atoms with E-state index in [2.05, 4.69) is 11.9 Å². The molecule has 0 heterocycles. The first-order chi connectivity index (χ1) is 6.59. The van der Waals surface area contributed by atoms with E-state index in [0.29, 0.717) is 17.3 Å². The molecule has 0 aliphatic heterocycles. The Bertz CT molecular complexity index is 336. The van der Waals surface area contributed by atoms with Crippen molar-refractivity contribution in [3.8, 4) is 0 Å². The summed E-state index contributed by atoms with van der Waals surface area (Å²) >= 11 is 5.62. The van der Waals surface area contributed by atoms with Crippen LogP contribution in [-0.4, -0.2) is 6.54 Å². The highest BCUT2D eigenvalue weighted by Crippen LogP contribution is 2.18. The number of hydrogen-bond acceptors (Lipinski definition) is 1. The van der Waals surface area contributed by atoms with Crippen LogP contribution in [0.3, 0.4) is 0 Å². The number of benzene rings is 1. The summed E-state index contributed by atoms with van der Waals surface area (Å²) < 4.78 is 13.2. The van der Waals surface area contributed by atoms with Gasteiger partial charge in [0.05, 0.1) is 5.69 Å². The summed E-state index contributed by atoms with van der Waals surface area (Å²) in [6.07, 6.45) is 0.835. The van der Waals surface area contributed by atoms with Crippen LogP contribution in [0.1, 0.15) is 13.3 Å². The van der Waals surface area contributed by atoms with Gasteiger partial charge in [0, 0.05) is 11.6 Å². The van der Waals surface area contributed by atoms with Crippen LogP contribution in [0.4, 0.5) is 10.1 Å². The van der Waals surface area contributed by atoms with E-state index in [1.165, 1.54) is 6.07 Å². The molecule has 0 saturated heterocycles. The molecule has 0 amide bonds. The SMILES string of the molecule is C=C(C)CCNc1ccc(Cl)cc1F. The van der Waals surface area contributed by atoms with E-state index in [-0.39, 0.29) is 5.82 Å².